The summed E-state index contributed by atoms with van der Waals surface area (Å²) in [5.41, 5.74) is 1.72. The molecular formula is C22H28N2O3. The minimum absolute atomic E-state index is 0.129. The number of hydrogen-bond acceptors (Lipinski definition) is 3. The lowest BCUT2D eigenvalue weighted by Gasteiger charge is -2.62. The van der Waals surface area contributed by atoms with Crippen molar-refractivity contribution >= 4 is 11.6 Å². The smallest absolute Gasteiger partial charge is 0.269 e. The zero-order chi connectivity index (χ0) is 18.6. The van der Waals surface area contributed by atoms with E-state index in [4.69, 9.17) is 0 Å². The second kappa shape index (κ2) is 6.05. The van der Waals surface area contributed by atoms with Crippen LogP contribution < -0.4 is 0 Å². The quantitative estimate of drug-likeness (QED) is 0.583. The molecule has 0 aromatic heterocycles. The topological polar surface area (TPSA) is 63.4 Å². The standard InChI is InChI=1S/C22H28N2O3/c25-20(23-7-1-2-8-23)14-21-10-16-9-17(11-21)13-22(12-16,15-21)18-3-5-19(6-4-18)24(26)27/h3-6,16-17H,1-2,7-15H2/t16-,17+,21?,22?. The van der Waals surface area contributed by atoms with E-state index in [1.807, 2.05) is 12.1 Å². The van der Waals surface area contributed by atoms with Crippen molar-refractivity contribution in [2.24, 2.45) is 17.3 Å². The molecule has 4 saturated carbocycles. The first-order chi connectivity index (χ1) is 13.0. The van der Waals surface area contributed by atoms with Gasteiger partial charge in [-0.15, -0.1) is 0 Å². The Morgan fingerprint density at radius 3 is 2.30 bits per heavy atom. The average Bonchev–Trinajstić information content (AvgIpc) is 3.15. The Hall–Kier alpha value is -1.91. The molecule has 0 radical (unpaired) electrons. The molecule has 5 fully saturated rings. The predicted octanol–water partition coefficient (Wildman–Crippen LogP) is 4.45. The zero-order valence-electron chi connectivity index (χ0n) is 15.9. The summed E-state index contributed by atoms with van der Waals surface area (Å²) < 4.78 is 0. The largest absolute Gasteiger partial charge is 0.343 e. The number of rotatable bonds is 4. The Morgan fingerprint density at radius 2 is 1.70 bits per heavy atom. The number of nitro groups is 1. The molecule has 144 valence electrons. The second-order valence-electron chi connectivity index (χ2n) is 9.81. The molecule has 1 aromatic carbocycles. The molecule has 5 aliphatic rings. The number of carbonyl (C=O) groups is 1. The van der Waals surface area contributed by atoms with Crippen LogP contribution in [0.25, 0.3) is 0 Å². The van der Waals surface area contributed by atoms with E-state index < -0.39 is 0 Å². The summed E-state index contributed by atoms with van der Waals surface area (Å²) in [7, 11) is 0. The van der Waals surface area contributed by atoms with Gasteiger partial charge >= 0.3 is 0 Å². The number of amides is 1. The normalized spacial score (nSPS) is 37.0. The molecule has 5 nitrogen and oxygen atoms in total. The van der Waals surface area contributed by atoms with Gasteiger partial charge in [0.1, 0.15) is 0 Å². The third-order valence-electron chi connectivity index (χ3n) is 7.86. The van der Waals surface area contributed by atoms with E-state index >= 15 is 0 Å². The fourth-order valence-corrected chi connectivity index (χ4v) is 7.33. The minimum atomic E-state index is -0.320. The number of nitrogens with zero attached hydrogens (tertiary/aromatic N) is 2. The van der Waals surface area contributed by atoms with Crippen molar-refractivity contribution in [2.45, 2.75) is 63.2 Å². The Balaban J connectivity index is 1.43. The first-order valence-corrected chi connectivity index (χ1v) is 10.5. The SMILES string of the molecule is O=C(CC12C[C@H]3C[C@@H](C1)CC(c1ccc([N+](=O)[O-])cc1)(C3)C2)N1CCCC1. The Bertz CT molecular complexity index is 752. The summed E-state index contributed by atoms with van der Waals surface area (Å²) in [5.74, 6) is 1.80. The molecule has 4 aliphatic carbocycles. The van der Waals surface area contributed by atoms with Crippen LogP contribution in [0.15, 0.2) is 24.3 Å². The summed E-state index contributed by atoms with van der Waals surface area (Å²) in [4.78, 5) is 25.7. The van der Waals surface area contributed by atoms with Crippen molar-refractivity contribution in [2.75, 3.05) is 13.1 Å². The number of likely N-dealkylation sites (tertiary alicyclic amines) is 1. The van der Waals surface area contributed by atoms with Crippen molar-refractivity contribution in [3.05, 3.63) is 39.9 Å². The molecule has 1 aliphatic heterocycles. The zero-order valence-corrected chi connectivity index (χ0v) is 15.9. The Morgan fingerprint density at radius 1 is 1.07 bits per heavy atom. The van der Waals surface area contributed by atoms with Crippen molar-refractivity contribution in [3.63, 3.8) is 0 Å². The van der Waals surface area contributed by atoms with Crippen LogP contribution in [0.1, 0.15) is 63.4 Å². The van der Waals surface area contributed by atoms with E-state index in [1.54, 1.807) is 12.1 Å². The van der Waals surface area contributed by atoms with Gasteiger partial charge in [0.2, 0.25) is 5.91 Å². The summed E-state index contributed by atoms with van der Waals surface area (Å²) >= 11 is 0. The molecule has 2 unspecified atom stereocenters. The van der Waals surface area contributed by atoms with Crippen molar-refractivity contribution in [1.82, 2.24) is 4.90 Å². The highest BCUT2D eigenvalue weighted by atomic mass is 16.6. The van der Waals surface area contributed by atoms with Gasteiger partial charge in [-0.3, -0.25) is 14.9 Å². The summed E-state index contributed by atoms with van der Waals surface area (Å²) in [6.45, 7) is 1.88. The second-order valence-corrected chi connectivity index (χ2v) is 9.81. The molecule has 5 heteroatoms. The van der Waals surface area contributed by atoms with E-state index in [9.17, 15) is 14.9 Å². The predicted molar refractivity (Wildman–Crippen MR) is 102 cm³/mol. The van der Waals surface area contributed by atoms with Crippen LogP contribution in [0.3, 0.4) is 0 Å². The van der Waals surface area contributed by atoms with Crippen LogP contribution in [0, 0.1) is 27.4 Å². The molecule has 0 spiro atoms. The summed E-state index contributed by atoms with van der Waals surface area (Å²) in [6.07, 6.45) is 10.2. The van der Waals surface area contributed by atoms with Crippen molar-refractivity contribution in [3.8, 4) is 0 Å². The van der Waals surface area contributed by atoms with Crippen LogP contribution >= 0.6 is 0 Å². The van der Waals surface area contributed by atoms with E-state index in [0.29, 0.717) is 24.2 Å². The fraction of sp³-hybridized carbons (Fsp3) is 0.682. The first kappa shape index (κ1) is 17.2. The fourth-order valence-electron chi connectivity index (χ4n) is 7.33. The summed E-state index contributed by atoms with van der Waals surface area (Å²) in [6, 6.07) is 7.30. The molecule has 6 rings (SSSR count). The third kappa shape index (κ3) is 2.86. The lowest BCUT2D eigenvalue weighted by Crippen LogP contribution is -2.55. The number of benzene rings is 1. The molecule has 1 saturated heterocycles. The van der Waals surface area contributed by atoms with Gasteiger partial charge in [0.15, 0.2) is 0 Å². The maximum atomic E-state index is 12.9. The van der Waals surface area contributed by atoms with Gasteiger partial charge in [-0.2, -0.15) is 0 Å². The van der Waals surface area contributed by atoms with Crippen LogP contribution in [0.2, 0.25) is 0 Å². The summed E-state index contributed by atoms with van der Waals surface area (Å²) in [5, 5.41) is 11.0. The van der Waals surface area contributed by atoms with Crippen molar-refractivity contribution in [1.29, 1.82) is 0 Å². The first-order valence-electron chi connectivity index (χ1n) is 10.5. The average molecular weight is 368 g/mol. The molecule has 1 aromatic rings. The molecule has 27 heavy (non-hydrogen) atoms. The van der Waals surface area contributed by atoms with Gasteiger partial charge in [-0.05, 0) is 79.6 Å². The van der Waals surface area contributed by atoms with E-state index in [0.717, 1.165) is 32.4 Å². The van der Waals surface area contributed by atoms with Crippen LogP contribution in [-0.4, -0.2) is 28.8 Å². The third-order valence-corrected chi connectivity index (χ3v) is 7.86. The molecular weight excluding hydrogens is 340 g/mol. The molecule has 1 amide bonds. The van der Waals surface area contributed by atoms with Crippen LogP contribution in [-0.2, 0) is 10.2 Å². The van der Waals surface area contributed by atoms with E-state index in [-0.39, 0.29) is 21.4 Å². The van der Waals surface area contributed by atoms with Gasteiger partial charge < -0.3 is 4.90 Å². The van der Waals surface area contributed by atoms with Gasteiger partial charge in [-0.1, -0.05) is 12.1 Å². The maximum absolute atomic E-state index is 12.9. The van der Waals surface area contributed by atoms with Gasteiger partial charge in [0.05, 0.1) is 4.92 Å². The van der Waals surface area contributed by atoms with E-state index in [2.05, 4.69) is 4.90 Å². The van der Waals surface area contributed by atoms with Gasteiger partial charge in [0.25, 0.3) is 5.69 Å². The van der Waals surface area contributed by atoms with Crippen molar-refractivity contribution < 1.29 is 9.72 Å². The lowest BCUT2D eigenvalue weighted by molar-refractivity contribution is -0.384. The molecule has 0 N–H and O–H groups in total. The highest BCUT2D eigenvalue weighted by Crippen LogP contribution is 2.66. The number of non-ortho nitro benzene ring substituents is 1. The minimum Gasteiger partial charge on any atom is -0.343 e. The van der Waals surface area contributed by atoms with Crippen LogP contribution in [0.5, 0.6) is 0 Å². The molecule has 4 atom stereocenters. The highest BCUT2D eigenvalue weighted by molar-refractivity contribution is 5.77. The number of nitro benzene ring substituents is 1. The van der Waals surface area contributed by atoms with Gasteiger partial charge in [-0.25, -0.2) is 0 Å². The molecule has 1 heterocycles. The highest BCUT2D eigenvalue weighted by Gasteiger charge is 2.58. The lowest BCUT2D eigenvalue weighted by atomic mass is 9.42. The van der Waals surface area contributed by atoms with Crippen LogP contribution in [0.4, 0.5) is 5.69 Å². The Kier molecular flexibility index (Phi) is 3.85. The number of hydrogen-bond donors (Lipinski definition) is 0. The van der Waals surface area contributed by atoms with E-state index in [1.165, 1.54) is 37.7 Å². The molecule has 4 bridgehead atoms. The number of carbonyl (C=O) groups excluding carboxylic acids is 1. The maximum Gasteiger partial charge on any atom is 0.269 e. The Labute approximate surface area is 160 Å². The monoisotopic (exact) mass is 368 g/mol. The van der Waals surface area contributed by atoms with Gasteiger partial charge in [0, 0.05) is 31.6 Å².